The van der Waals surface area contributed by atoms with Crippen molar-refractivity contribution in [2.45, 2.75) is 37.3 Å². The van der Waals surface area contributed by atoms with E-state index in [9.17, 15) is 37.5 Å². The fraction of sp³-hybridized carbons (Fsp3) is 0.217. The number of aromatic nitrogens is 1. The maximum absolute atomic E-state index is 15.4. The number of phenolic OH excluding ortho intramolecular Hbond substituents is 1. The van der Waals surface area contributed by atoms with Crippen molar-refractivity contribution < 1.29 is 42.3 Å². The van der Waals surface area contributed by atoms with Gasteiger partial charge >= 0.3 is 6.18 Å². The maximum atomic E-state index is 15.4. The normalized spacial score (nSPS) is 24.6. The molecule has 2 aliphatic heterocycles. The fourth-order valence-electron chi connectivity index (χ4n) is 9.79. The standard InChI is InChI=1S/C46H33Cl2F3N4O6/c1-23-19-26(9-18-36(23)56)38-31-16-17-32-37(43(60)54(41(32)58)30-14-7-25(8-15-30)39(57)24-5-3-2-4-6-24)33(31)21-34-42(59)55(44(61)45(34,38)27-10-12-29(47)13-11-27)53-40-35(48)20-28(22-52-40)46(49,50)51/h2-16,18-20,22,32-34,37-38,56H,17,21H2,1H3,(H,52,53). The molecule has 6 atom stereocenters. The predicted octanol–water partition coefficient (Wildman–Crippen LogP) is 8.84. The third kappa shape index (κ3) is 6.32. The lowest BCUT2D eigenvalue weighted by Crippen LogP contribution is -2.53. The monoisotopic (exact) mass is 864 g/mol. The van der Waals surface area contributed by atoms with E-state index in [0.29, 0.717) is 50.7 Å². The van der Waals surface area contributed by atoms with Gasteiger partial charge in [0.2, 0.25) is 11.8 Å². The number of phenols is 1. The Kier molecular flexibility index (Phi) is 9.67. The number of allylic oxidation sites excluding steroid dienone is 2. The molecule has 4 amide bonds. The molecule has 15 heteroatoms. The van der Waals surface area contributed by atoms with Crippen molar-refractivity contribution in [3.63, 3.8) is 0 Å². The number of aromatic hydroxyl groups is 1. The number of imide groups is 2. The van der Waals surface area contributed by atoms with Crippen LogP contribution < -0.4 is 10.3 Å². The summed E-state index contributed by atoms with van der Waals surface area (Å²) in [5.74, 6) is -7.76. The predicted molar refractivity (Wildman–Crippen MR) is 219 cm³/mol. The Morgan fingerprint density at radius 2 is 1.54 bits per heavy atom. The van der Waals surface area contributed by atoms with E-state index < -0.39 is 75.4 Å². The van der Waals surface area contributed by atoms with Gasteiger partial charge in [-0.15, -0.1) is 0 Å². The molecule has 0 bridgehead atoms. The summed E-state index contributed by atoms with van der Waals surface area (Å²) in [5.41, 5.74) is 2.90. The number of aryl methyl sites for hydroxylation is 1. The highest BCUT2D eigenvalue weighted by Gasteiger charge is 2.70. The van der Waals surface area contributed by atoms with Crippen molar-refractivity contribution in [2.24, 2.45) is 23.7 Å². The van der Waals surface area contributed by atoms with Crippen LogP contribution in [0.4, 0.5) is 24.7 Å². The number of hydrazine groups is 1. The second kappa shape index (κ2) is 14.7. The maximum Gasteiger partial charge on any atom is 0.417 e. The summed E-state index contributed by atoms with van der Waals surface area (Å²) in [7, 11) is 0. The van der Waals surface area contributed by atoms with Gasteiger partial charge in [-0.05, 0) is 90.9 Å². The Balaban J connectivity index is 1.15. The first-order valence-electron chi connectivity index (χ1n) is 19.3. The second-order valence-corrected chi connectivity index (χ2v) is 16.6. The summed E-state index contributed by atoms with van der Waals surface area (Å²) in [4.78, 5) is 77.4. The largest absolute Gasteiger partial charge is 0.508 e. The number of amides is 4. The molecule has 4 aromatic carbocycles. The van der Waals surface area contributed by atoms with Gasteiger partial charge in [-0.3, -0.25) is 34.3 Å². The van der Waals surface area contributed by atoms with E-state index in [2.05, 4.69) is 10.4 Å². The summed E-state index contributed by atoms with van der Waals surface area (Å²) in [6.45, 7) is 1.68. The molecule has 1 saturated carbocycles. The Morgan fingerprint density at radius 3 is 2.20 bits per heavy atom. The second-order valence-electron chi connectivity index (χ2n) is 15.7. The molecule has 2 saturated heterocycles. The number of nitrogens with one attached hydrogen (secondary N) is 1. The van der Waals surface area contributed by atoms with Crippen molar-refractivity contribution in [3.8, 4) is 5.75 Å². The third-order valence-corrected chi connectivity index (χ3v) is 13.1. The number of hydrogen-bond acceptors (Lipinski definition) is 8. The first-order valence-corrected chi connectivity index (χ1v) is 20.1. The summed E-state index contributed by atoms with van der Waals surface area (Å²) in [6, 6.07) is 26.8. The van der Waals surface area contributed by atoms with Crippen LogP contribution in [-0.4, -0.2) is 44.5 Å². The molecule has 4 aliphatic rings. The first kappa shape index (κ1) is 40.1. The molecule has 308 valence electrons. The van der Waals surface area contributed by atoms with Crippen molar-refractivity contribution in [3.05, 3.63) is 164 Å². The number of carbonyl (C=O) groups is 5. The molecule has 2 N–H and O–H groups in total. The molecule has 2 aliphatic carbocycles. The Labute approximate surface area is 356 Å². The zero-order valence-corrected chi connectivity index (χ0v) is 33.5. The smallest absolute Gasteiger partial charge is 0.417 e. The van der Waals surface area contributed by atoms with Crippen molar-refractivity contribution >= 4 is 64.1 Å². The number of ketones is 1. The van der Waals surface area contributed by atoms with Crippen molar-refractivity contribution in [1.29, 1.82) is 0 Å². The van der Waals surface area contributed by atoms with Gasteiger partial charge in [0, 0.05) is 28.3 Å². The highest BCUT2D eigenvalue weighted by Crippen LogP contribution is 2.64. The van der Waals surface area contributed by atoms with Crippen LogP contribution in [0.2, 0.25) is 10.0 Å². The van der Waals surface area contributed by atoms with Crippen LogP contribution >= 0.6 is 23.2 Å². The van der Waals surface area contributed by atoms with E-state index in [1.165, 1.54) is 6.07 Å². The lowest BCUT2D eigenvalue weighted by Gasteiger charge is -2.50. The highest BCUT2D eigenvalue weighted by molar-refractivity contribution is 6.33. The number of pyridine rings is 1. The molecule has 6 unspecified atom stereocenters. The van der Waals surface area contributed by atoms with Crippen molar-refractivity contribution in [2.75, 3.05) is 10.3 Å². The van der Waals surface area contributed by atoms with Gasteiger partial charge in [-0.2, -0.15) is 18.2 Å². The van der Waals surface area contributed by atoms with Crippen LogP contribution in [0.1, 0.15) is 56.9 Å². The minimum atomic E-state index is -4.76. The number of alkyl halides is 3. The average Bonchev–Trinajstić information content (AvgIpc) is 3.63. The van der Waals surface area contributed by atoms with Gasteiger partial charge in [-0.1, -0.05) is 89.4 Å². The summed E-state index contributed by atoms with van der Waals surface area (Å²) in [5, 5.41) is 11.2. The summed E-state index contributed by atoms with van der Waals surface area (Å²) in [6.07, 6.45) is -2.31. The van der Waals surface area contributed by atoms with Gasteiger partial charge in [-0.25, -0.2) is 4.98 Å². The molecule has 9 rings (SSSR count). The lowest BCUT2D eigenvalue weighted by molar-refractivity contribution is -0.139. The van der Waals surface area contributed by atoms with E-state index in [0.717, 1.165) is 9.91 Å². The SMILES string of the molecule is Cc1cc(C2C3=CCC4C(=O)N(c5ccc(C(=O)c6ccccc6)cc5)C(=O)C4C3CC3C(=O)N(Nc4ncc(C(F)(F)F)cc4Cl)C(=O)C32c2ccc(Cl)cc2)ccc1O. The number of hydrogen-bond donors (Lipinski definition) is 2. The molecule has 1 aromatic heterocycles. The third-order valence-electron chi connectivity index (χ3n) is 12.5. The van der Waals surface area contributed by atoms with Gasteiger partial charge < -0.3 is 5.11 Å². The molecule has 61 heavy (non-hydrogen) atoms. The van der Waals surface area contributed by atoms with Crippen LogP contribution in [0.5, 0.6) is 5.75 Å². The number of anilines is 2. The molecular weight excluding hydrogens is 832 g/mol. The number of rotatable bonds is 7. The van der Waals surface area contributed by atoms with E-state index in [1.54, 1.807) is 97.9 Å². The summed E-state index contributed by atoms with van der Waals surface area (Å²) >= 11 is 12.6. The van der Waals surface area contributed by atoms with E-state index in [-0.39, 0.29) is 35.9 Å². The number of halogens is 5. The Morgan fingerprint density at radius 1 is 0.852 bits per heavy atom. The van der Waals surface area contributed by atoms with Gasteiger partial charge in [0.25, 0.3) is 11.8 Å². The molecule has 0 radical (unpaired) electrons. The van der Waals surface area contributed by atoms with Crippen LogP contribution in [-0.2, 0) is 30.8 Å². The van der Waals surface area contributed by atoms with Crippen LogP contribution in [0.25, 0.3) is 0 Å². The minimum absolute atomic E-state index is 0.0188. The zero-order valence-electron chi connectivity index (χ0n) is 32.0. The average molecular weight is 866 g/mol. The number of benzene rings is 4. The fourth-order valence-corrected chi connectivity index (χ4v) is 10.1. The van der Waals surface area contributed by atoms with Gasteiger partial charge in [0.05, 0.1) is 39.4 Å². The highest BCUT2D eigenvalue weighted by atomic mass is 35.5. The topological polar surface area (TPSA) is 137 Å². The Bertz CT molecular complexity index is 2710. The van der Waals surface area contributed by atoms with Crippen LogP contribution in [0.3, 0.4) is 0 Å². The molecule has 10 nitrogen and oxygen atoms in total. The lowest BCUT2D eigenvalue weighted by atomic mass is 9.49. The van der Waals surface area contributed by atoms with E-state index in [1.807, 2.05) is 6.08 Å². The van der Waals surface area contributed by atoms with E-state index >= 15 is 4.79 Å². The minimum Gasteiger partial charge on any atom is -0.508 e. The number of fused-ring (bicyclic) bond motifs is 4. The number of nitrogens with zero attached hydrogens (tertiary/aromatic N) is 3. The van der Waals surface area contributed by atoms with Crippen LogP contribution in [0.15, 0.2) is 121 Å². The first-order chi connectivity index (χ1) is 29.1. The number of carbonyl (C=O) groups excluding carboxylic acids is 5. The van der Waals surface area contributed by atoms with Gasteiger partial charge in [0.1, 0.15) is 5.75 Å². The molecule has 5 aromatic rings. The van der Waals surface area contributed by atoms with Crippen molar-refractivity contribution in [1.82, 2.24) is 9.99 Å². The Hall–Kier alpha value is -6.31. The van der Waals surface area contributed by atoms with Gasteiger partial charge in [0.15, 0.2) is 11.6 Å². The quantitative estimate of drug-likeness (QED) is 0.0942. The zero-order chi connectivity index (χ0) is 43.1. The molecular formula is C46H33Cl2F3N4O6. The van der Waals surface area contributed by atoms with E-state index in [4.69, 9.17) is 23.2 Å². The van der Waals surface area contributed by atoms with Crippen LogP contribution in [0, 0.1) is 30.6 Å². The molecule has 3 fully saturated rings. The molecule has 0 spiro atoms. The molecule has 3 heterocycles. The summed E-state index contributed by atoms with van der Waals surface area (Å²) < 4.78 is 40.6.